The Hall–Kier alpha value is -1.60. The molecule has 0 saturated carbocycles. The largest absolute Gasteiger partial charge is 0.381 e. The number of benzene rings is 2. The van der Waals surface area contributed by atoms with Gasteiger partial charge in [-0.15, -0.1) is 24.0 Å². The molecule has 152 valence electrons. The van der Waals surface area contributed by atoms with Gasteiger partial charge in [-0.3, -0.25) is 4.99 Å². The summed E-state index contributed by atoms with van der Waals surface area (Å²) in [4.78, 5) is 4.99. The molecule has 0 radical (unpaired) electrons. The monoisotopic (exact) mass is 493 g/mol. The van der Waals surface area contributed by atoms with E-state index in [0.29, 0.717) is 0 Å². The number of nitrogens with one attached hydrogen (secondary N) is 2. The van der Waals surface area contributed by atoms with E-state index >= 15 is 0 Å². The summed E-state index contributed by atoms with van der Waals surface area (Å²) in [5, 5.41) is 6.95. The molecule has 1 saturated heterocycles. The van der Waals surface area contributed by atoms with Crippen LogP contribution >= 0.6 is 24.0 Å². The summed E-state index contributed by atoms with van der Waals surface area (Å²) in [5.41, 5.74) is 2.67. The van der Waals surface area contributed by atoms with E-state index in [1.54, 1.807) is 0 Å². The molecule has 3 rings (SSSR count). The van der Waals surface area contributed by atoms with Crippen molar-refractivity contribution < 1.29 is 4.74 Å². The van der Waals surface area contributed by atoms with Crippen LogP contribution in [-0.2, 0) is 10.2 Å². The van der Waals surface area contributed by atoms with Crippen LogP contribution in [0.2, 0.25) is 0 Å². The van der Waals surface area contributed by atoms with Crippen LogP contribution in [0.25, 0.3) is 0 Å². The van der Waals surface area contributed by atoms with Crippen LogP contribution in [0, 0.1) is 0 Å². The first kappa shape index (κ1) is 22.7. The standard InChI is InChI=1S/C23H31N3O.HI/c1-3-24-22(26-19(2)20-10-6-4-7-11-20)25-18-23(14-16-27-17-15-23)21-12-8-5-9-13-21;/h4-13,19H,3,14-18H2,1-2H3,(H2,24,25,26);1H. The van der Waals surface area contributed by atoms with Crippen molar-refractivity contribution >= 4 is 29.9 Å². The summed E-state index contributed by atoms with van der Waals surface area (Å²) in [7, 11) is 0. The molecule has 0 aliphatic carbocycles. The Morgan fingerprint density at radius 2 is 1.64 bits per heavy atom. The Kier molecular flexibility index (Phi) is 9.25. The zero-order valence-electron chi connectivity index (χ0n) is 16.9. The summed E-state index contributed by atoms with van der Waals surface area (Å²) < 4.78 is 5.64. The van der Waals surface area contributed by atoms with Crippen LogP contribution in [-0.4, -0.2) is 32.3 Å². The second kappa shape index (κ2) is 11.4. The van der Waals surface area contributed by atoms with Gasteiger partial charge in [0.2, 0.25) is 0 Å². The highest BCUT2D eigenvalue weighted by Gasteiger charge is 2.34. The lowest BCUT2D eigenvalue weighted by atomic mass is 9.74. The Bertz CT molecular complexity index is 715. The van der Waals surface area contributed by atoms with E-state index in [0.717, 1.165) is 45.1 Å². The second-order valence-electron chi connectivity index (χ2n) is 7.23. The SMILES string of the molecule is CCNC(=NCC1(c2ccccc2)CCOCC1)NC(C)c1ccccc1.I. The summed E-state index contributed by atoms with van der Waals surface area (Å²) in [6.45, 7) is 7.48. The molecule has 1 fully saturated rings. The maximum Gasteiger partial charge on any atom is 0.191 e. The van der Waals surface area contributed by atoms with Gasteiger partial charge in [0.05, 0.1) is 12.6 Å². The Morgan fingerprint density at radius 1 is 1.04 bits per heavy atom. The Labute approximate surface area is 186 Å². The predicted octanol–water partition coefficient (Wildman–Crippen LogP) is 4.67. The van der Waals surface area contributed by atoms with Crippen LogP contribution in [0.15, 0.2) is 65.7 Å². The van der Waals surface area contributed by atoms with E-state index in [1.165, 1.54) is 11.1 Å². The van der Waals surface area contributed by atoms with Crippen molar-refractivity contribution in [3.63, 3.8) is 0 Å². The van der Waals surface area contributed by atoms with Crippen molar-refractivity contribution in [1.29, 1.82) is 0 Å². The van der Waals surface area contributed by atoms with Crippen molar-refractivity contribution in [1.82, 2.24) is 10.6 Å². The van der Waals surface area contributed by atoms with Gasteiger partial charge < -0.3 is 15.4 Å². The maximum absolute atomic E-state index is 5.64. The lowest BCUT2D eigenvalue weighted by Crippen LogP contribution is -2.42. The molecular formula is C23H32IN3O. The van der Waals surface area contributed by atoms with Gasteiger partial charge in [-0.2, -0.15) is 0 Å². The topological polar surface area (TPSA) is 45.7 Å². The van der Waals surface area contributed by atoms with E-state index < -0.39 is 0 Å². The Morgan fingerprint density at radius 3 is 2.25 bits per heavy atom. The minimum Gasteiger partial charge on any atom is -0.381 e. The zero-order valence-corrected chi connectivity index (χ0v) is 19.2. The summed E-state index contributed by atoms with van der Waals surface area (Å²) in [6, 6.07) is 21.5. The number of rotatable bonds is 6. The molecular weight excluding hydrogens is 461 g/mol. The second-order valence-corrected chi connectivity index (χ2v) is 7.23. The number of guanidine groups is 1. The number of hydrogen-bond acceptors (Lipinski definition) is 2. The lowest BCUT2D eigenvalue weighted by Gasteiger charge is -2.36. The molecule has 2 N–H and O–H groups in total. The molecule has 4 nitrogen and oxygen atoms in total. The van der Waals surface area contributed by atoms with Crippen LogP contribution in [0.4, 0.5) is 0 Å². The average molecular weight is 493 g/mol. The molecule has 2 aromatic rings. The molecule has 28 heavy (non-hydrogen) atoms. The van der Waals surface area contributed by atoms with E-state index in [4.69, 9.17) is 9.73 Å². The van der Waals surface area contributed by atoms with Gasteiger partial charge >= 0.3 is 0 Å². The lowest BCUT2D eigenvalue weighted by molar-refractivity contribution is 0.0531. The molecule has 1 aliphatic rings. The van der Waals surface area contributed by atoms with Gasteiger partial charge in [0.25, 0.3) is 0 Å². The molecule has 0 aromatic heterocycles. The van der Waals surface area contributed by atoms with Gasteiger partial charge in [-0.05, 0) is 37.8 Å². The molecule has 2 aromatic carbocycles. The molecule has 5 heteroatoms. The number of aliphatic imine (C=N–C) groups is 1. The first-order valence-electron chi connectivity index (χ1n) is 9.96. The van der Waals surface area contributed by atoms with Crippen molar-refractivity contribution in [3.8, 4) is 0 Å². The first-order valence-corrected chi connectivity index (χ1v) is 9.96. The number of halogens is 1. The Balaban J connectivity index is 0.00000280. The highest BCUT2D eigenvalue weighted by Crippen LogP contribution is 2.35. The van der Waals surface area contributed by atoms with Crippen LogP contribution in [0.3, 0.4) is 0 Å². The third-order valence-electron chi connectivity index (χ3n) is 5.37. The number of ether oxygens (including phenoxy) is 1. The fourth-order valence-electron chi connectivity index (χ4n) is 3.67. The predicted molar refractivity (Wildman–Crippen MR) is 128 cm³/mol. The number of nitrogens with zero attached hydrogens (tertiary/aromatic N) is 1. The molecule has 1 heterocycles. The van der Waals surface area contributed by atoms with Crippen LogP contribution < -0.4 is 10.6 Å². The van der Waals surface area contributed by atoms with Crippen LogP contribution in [0.5, 0.6) is 0 Å². The average Bonchev–Trinajstić information content (AvgIpc) is 2.74. The van der Waals surface area contributed by atoms with Gasteiger partial charge in [0, 0.05) is 25.2 Å². The van der Waals surface area contributed by atoms with E-state index in [2.05, 4.69) is 79.1 Å². The number of hydrogen-bond donors (Lipinski definition) is 2. The van der Waals surface area contributed by atoms with Gasteiger partial charge in [-0.1, -0.05) is 60.7 Å². The molecule has 1 aliphatic heterocycles. The fourth-order valence-corrected chi connectivity index (χ4v) is 3.67. The van der Waals surface area contributed by atoms with Crippen molar-refractivity contribution in [2.75, 3.05) is 26.3 Å². The van der Waals surface area contributed by atoms with E-state index in [-0.39, 0.29) is 35.4 Å². The fraction of sp³-hybridized carbons (Fsp3) is 0.435. The third kappa shape index (κ3) is 5.95. The normalized spacial score (nSPS) is 17.3. The summed E-state index contributed by atoms with van der Waals surface area (Å²) in [6.07, 6.45) is 2.02. The molecule has 0 spiro atoms. The van der Waals surface area contributed by atoms with Gasteiger partial charge in [-0.25, -0.2) is 0 Å². The van der Waals surface area contributed by atoms with E-state index in [1.807, 2.05) is 6.07 Å². The third-order valence-corrected chi connectivity index (χ3v) is 5.37. The minimum atomic E-state index is 0. The highest BCUT2D eigenvalue weighted by atomic mass is 127. The molecule has 0 amide bonds. The van der Waals surface area contributed by atoms with Crippen molar-refractivity contribution in [3.05, 3.63) is 71.8 Å². The van der Waals surface area contributed by atoms with Crippen molar-refractivity contribution in [2.45, 2.75) is 38.1 Å². The molecule has 1 atom stereocenters. The highest BCUT2D eigenvalue weighted by molar-refractivity contribution is 14.0. The summed E-state index contributed by atoms with van der Waals surface area (Å²) >= 11 is 0. The zero-order chi connectivity index (χ0) is 19.0. The smallest absolute Gasteiger partial charge is 0.191 e. The van der Waals surface area contributed by atoms with Gasteiger partial charge in [0.15, 0.2) is 5.96 Å². The van der Waals surface area contributed by atoms with Crippen LogP contribution in [0.1, 0.15) is 43.9 Å². The van der Waals surface area contributed by atoms with E-state index in [9.17, 15) is 0 Å². The molecule has 1 unspecified atom stereocenters. The summed E-state index contributed by atoms with van der Waals surface area (Å²) in [5.74, 6) is 0.871. The van der Waals surface area contributed by atoms with Crippen molar-refractivity contribution in [2.24, 2.45) is 4.99 Å². The first-order chi connectivity index (χ1) is 13.2. The molecule has 0 bridgehead atoms. The quantitative estimate of drug-likeness (QED) is 0.350. The minimum absolute atomic E-state index is 0. The van der Waals surface area contributed by atoms with Gasteiger partial charge in [0.1, 0.15) is 0 Å². The maximum atomic E-state index is 5.64.